The van der Waals surface area contributed by atoms with Gasteiger partial charge in [0.05, 0.1) is 25.4 Å². The molecule has 100 valence electrons. The molecule has 0 bridgehead atoms. The Morgan fingerprint density at radius 1 is 0.765 bits per heavy atom. The van der Waals surface area contributed by atoms with E-state index in [2.05, 4.69) is 53.3 Å². The van der Waals surface area contributed by atoms with Gasteiger partial charge in [-0.25, -0.2) is 0 Å². The van der Waals surface area contributed by atoms with Crippen LogP contribution in [0.4, 0.5) is 0 Å². The summed E-state index contributed by atoms with van der Waals surface area (Å²) in [6, 6.07) is 0. The van der Waals surface area contributed by atoms with Crippen LogP contribution in [0, 0.1) is 10.8 Å². The first-order valence-electron chi connectivity index (χ1n) is 6.60. The summed E-state index contributed by atoms with van der Waals surface area (Å²) in [7, 11) is 0. The molecule has 3 heteroatoms. The molecule has 0 saturated carbocycles. The number of thioether (sulfide) groups is 1. The van der Waals surface area contributed by atoms with Gasteiger partial charge in [-0.3, -0.25) is 0 Å². The molecule has 2 fully saturated rings. The maximum Gasteiger partial charge on any atom is 0.0972 e. The van der Waals surface area contributed by atoms with E-state index in [9.17, 15) is 0 Å². The van der Waals surface area contributed by atoms with Crippen LogP contribution in [-0.2, 0) is 9.47 Å². The lowest BCUT2D eigenvalue weighted by Gasteiger charge is -2.36. The SMILES string of the molecule is CC(C)(C)C1SC(C(C)(C)C)C2OCCOC21. The summed E-state index contributed by atoms with van der Waals surface area (Å²) in [5.41, 5.74) is 0.544. The second kappa shape index (κ2) is 4.43. The molecular formula is C14H26O2S. The molecule has 0 aromatic heterocycles. The largest absolute Gasteiger partial charge is 0.372 e. The second-order valence-corrected chi connectivity index (χ2v) is 8.67. The van der Waals surface area contributed by atoms with E-state index in [4.69, 9.17) is 9.47 Å². The van der Waals surface area contributed by atoms with Crippen molar-refractivity contribution in [2.75, 3.05) is 13.2 Å². The summed E-state index contributed by atoms with van der Waals surface area (Å²) in [6.07, 6.45) is 0.552. The fraction of sp³-hybridized carbons (Fsp3) is 1.00. The van der Waals surface area contributed by atoms with Gasteiger partial charge in [0.15, 0.2) is 0 Å². The molecule has 0 spiro atoms. The molecule has 2 nitrogen and oxygen atoms in total. The zero-order valence-corrected chi connectivity index (χ0v) is 12.8. The van der Waals surface area contributed by atoms with Crippen LogP contribution in [0.1, 0.15) is 41.5 Å². The average Bonchev–Trinajstić information content (AvgIpc) is 2.55. The van der Waals surface area contributed by atoms with Gasteiger partial charge in [-0.05, 0) is 10.8 Å². The molecule has 2 aliphatic heterocycles. The van der Waals surface area contributed by atoms with Crippen molar-refractivity contribution >= 4 is 11.8 Å². The summed E-state index contributed by atoms with van der Waals surface area (Å²) in [5.74, 6) is 0. The van der Waals surface area contributed by atoms with Gasteiger partial charge >= 0.3 is 0 Å². The third-order valence-electron chi connectivity index (χ3n) is 3.62. The van der Waals surface area contributed by atoms with Gasteiger partial charge in [0.25, 0.3) is 0 Å². The van der Waals surface area contributed by atoms with E-state index < -0.39 is 0 Å². The zero-order chi connectivity index (χ0) is 12.8. The monoisotopic (exact) mass is 258 g/mol. The minimum Gasteiger partial charge on any atom is -0.372 e. The van der Waals surface area contributed by atoms with Crippen LogP contribution in [0.15, 0.2) is 0 Å². The quantitative estimate of drug-likeness (QED) is 0.664. The van der Waals surface area contributed by atoms with Crippen LogP contribution in [0.2, 0.25) is 0 Å². The molecule has 2 aliphatic rings. The molecular weight excluding hydrogens is 232 g/mol. The lowest BCUT2D eigenvalue weighted by Crippen LogP contribution is -2.48. The van der Waals surface area contributed by atoms with E-state index >= 15 is 0 Å². The molecule has 0 radical (unpaired) electrons. The minimum absolute atomic E-state index is 0.272. The number of hydrogen-bond donors (Lipinski definition) is 0. The van der Waals surface area contributed by atoms with Crippen molar-refractivity contribution in [1.82, 2.24) is 0 Å². The molecule has 2 heterocycles. The Kier molecular flexibility index (Phi) is 3.57. The van der Waals surface area contributed by atoms with Gasteiger partial charge in [0.1, 0.15) is 0 Å². The van der Waals surface area contributed by atoms with Crippen molar-refractivity contribution in [3.05, 3.63) is 0 Å². The first kappa shape index (κ1) is 13.7. The summed E-state index contributed by atoms with van der Waals surface area (Å²) < 4.78 is 12.0. The highest BCUT2D eigenvalue weighted by Crippen LogP contribution is 2.52. The average molecular weight is 258 g/mol. The fourth-order valence-corrected chi connectivity index (χ4v) is 4.69. The Morgan fingerprint density at radius 2 is 1.12 bits per heavy atom. The maximum absolute atomic E-state index is 6.02. The predicted molar refractivity (Wildman–Crippen MR) is 73.6 cm³/mol. The standard InChI is InChI=1S/C14H26O2S/c1-13(2,3)11-9-10(16-8-7-15-9)12(17-11)14(4,5)6/h9-12H,7-8H2,1-6H3. The Balaban J connectivity index is 2.23. The Morgan fingerprint density at radius 3 is 1.41 bits per heavy atom. The third kappa shape index (κ3) is 2.66. The molecule has 4 atom stereocenters. The van der Waals surface area contributed by atoms with Crippen LogP contribution < -0.4 is 0 Å². The second-order valence-electron chi connectivity index (χ2n) is 7.38. The highest BCUT2D eigenvalue weighted by atomic mass is 32.2. The van der Waals surface area contributed by atoms with Crippen molar-refractivity contribution in [3.8, 4) is 0 Å². The molecule has 2 saturated heterocycles. The highest BCUT2D eigenvalue weighted by Gasteiger charge is 2.54. The number of fused-ring (bicyclic) bond motifs is 1. The Labute approximate surface area is 110 Å². The number of ether oxygens (including phenoxy) is 2. The van der Waals surface area contributed by atoms with Gasteiger partial charge in [-0.1, -0.05) is 41.5 Å². The van der Waals surface area contributed by atoms with Crippen LogP contribution in [0.5, 0.6) is 0 Å². The van der Waals surface area contributed by atoms with E-state index in [1.807, 2.05) is 0 Å². The molecule has 0 amide bonds. The zero-order valence-electron chi connectivity index (χ0n) is 11.9. The lowest BCUT2D eigenvalue weighted by molar-refractivity contribution is -0.145. The van der Waals surface area contributed by atoms with Gasteiger partial charge in [0.2, 0.25) is 0 Å². The Hall–Kier alpha value is 0.270. The molecule has 0 aromatic carbocycles. The molecule has 2 rings (SSSR count). The van der Waals surface area contributed by atoms with Crippen LogP contribution in [0.3, 0.4) is 0 Å². The van der Waals surface area contributed by atoms with Crippen molar-refractivity contribution in [2.45, 2.75) is 64.3 Å². The van der Waals surface area contributed by atoms with E-state index in [1.54, 1.807) is 0 Å². The summed E-state index contributed by atoms with van der Waals surface area (Å²) in [4.78, 5) is 0. The smallest absolute Gasteiger partial charge is 0.0972 e. The van der Waals surface area contributed by atoms with Gasteiger partial charge in [-0.15, -0.1) is 11.8 Å². The van der Waals surface area contributed by atoms with E-state index in [1.165, 1.54) is 0 Å². The highest BCUT2D eigenvalue weighted by molar-refractivity contribution is 8.01. The van der Waals surface area contributed by atoms with Gasteiger partial charge < -0.3 is 9.47 Å². The summed E-state index contributed by atoms with van der Waals surface area (Å²) in [5, 5.41) is 1.08. The van der Waals surface area contributed by atoms with Crippen molar-refractivity contribution < 1.29 is 9.47 Å². The van der Waals surface area contributed by atoms with Crippen LogP contribution >= 0.6 is 11.8 Å². The lowest BCUT2D eigenvalue weighted by atomic mass is 9.82. The van der Waals surface area contributed by atoms with Crippen molar-refractivity contribution in [3.63, 3.8) is 0 Å². The van der Waals surface area contributed by atoms with E-state index in [0.717, 1.165) is 13.2 Å². The maximum atomic E-state index is 6.02. The van der Waals surface area contributed by atoms with Gasteiger partial charge in [-0.2, -0.15) is 0 Å². The first-order valence-corrected chi connectivity index (χ1v) is 7.54. The van der Waals surface area contributed by atoms with E-state index in [-0.39, 0.29) is 23.0 Å². The summed E-state index contributed by atoms with van der Waals surface area (Å²) >= 11 is 2.08. The predicted octanol–water partition coefficient (Wildman–Crippen LogP) is 3.35. The molecule has 17 heavy (non-hydrogen) atoms. The minimum atomic E-state index is 0.272. The van der Waals surface area contributed by atoms with Gasteiger partial charge in [0, 0.05) is 10.5 Å². The molecule has 0 aromatic rings. The molecule has 4 unspecified atom stereocenters. The van der Waals surface area contributed by atoms with Crippen molar-refractivity contribution in [2.24, 2.45) is 10.8 Å². The number of rotatable bonds is 0. The van der Waals surface area contributed by atoms with Crippen molar-refractivity contribution in [1.29, 1.82) is 0 Å². The number of hydrogen-bond acceptors (Lipinski definition) is 3. The van der Waals surface area contributed by atoms with E-state index in [0.29, 0.717) is 10.5 Å². The van der Waals surface area contributed by atoms with Crippen LogP contribution in [0.25, 0.3) is 0 Å². The van der Waals surface area contributed by atoms with Crippen LogP contribution in [-0.4, -0.2) is 35.9 Å². The normalized spacial score (nSPS) is 39.2. The molecule has 0 N–H and O–H groups in total. The fourth-order valence-electron chi connectivity index (χ4n) is 2.78. The third-order valence-corrected chi connectivity index (χ3v) is 6.16. The Bertz CT molecular complexity index is 249. The molecule has 0 aliphatic carbocycles. The first-order chi connectivity index (χ1) is 7.71. The topological polar surface area (TPSA) is 18.5 Å². The summed E-state index contributed by atoms with van der Waals surface area (Å²) in [6.45, 7) is 15.4.